The number of hydrogen-bond acceptors (Lipinski definition) is 5. The first-order valence-corrected chi connectivity index (χ1v) is 5.19. The van der Waals surface area contributed by atoms with E-state index in [4.69, 9.17) is 9.84 Å². The Morgan fingerprint density at radius 2 is 2.22 bits per heavy atom. The highest BCUT2D eigenvalue weighted by Crippen LogP contribution is 2.25. The summed E-state index contributed by atoms with van der Waals surface area (Å²) in [5.41, 5.74) is 0.187. The maximum atomic E-state index is 11.1. The zero-order valence-corrected chi connectivity index (χ0v) is 10.1. The maximum Gasteiger partial charge on any atom is 0.337 e. The third-order valence-electron chi connectivity index (χ3n) is 2.46. The molecule has 0 saturated carbocycles. The van der Waals surface area contributed by atoms with Crippen molar-refractivity contribution >= 4 is 17.3 Å². The minimum Gasteiger partial charge on any atom is -0.478 e. The van der Waals surface area contributed by atoms with Crippen molar-refractivity contribution in [3.63, 3.8) is 0 Å². The fourth-order valence-corrected chi connectivity index (χ4v) is 1.48. The Kier molecular flexibility index (Phi) is 4.61. The van der Waals surface area contributed by atoms with Gasteiger partial charge in [-0.2, -0.15) is 0 Å². The highest BCUT2D eigenvalue weighted by molar-refractivity contribution is 5.95. The molecule has 0 atom stereocenters. The molecule has 98 valence electrons. The van der Waals surface area contributed by atoms with Gasteiger partial charge < -0.3 is 14.7 Å². The maximum absolute atomic E-state index is 11.1. The van der Waals surface area contributed by atoms with Gasteiger partial charge in [-0.05, 0) is 6.07 Å². The second-order valence-electron chi connectivity index (χ2n) is 3.68. The second kappa shape index (κ2) is 5.97. The molecule has 0 amide bonds. The van der Waals surface area contributed by atoms with E-state index < -0.39 is 10.9 Å². The monoisotopic (exact) mass is 254 g/mol. The molecule has 0 fully saturated rings. The number of carbonyl (C=O) groups is 1. The van der Waals surface area contributed by atoms with Crippen molar-refractivity contribution in [2.45, 2.75) is 0 Å². The molecule has 1 aromatic carbocycles. The van der Waals surface area contributed by atoms with Crippen LogP contribution in [-0.4, -0.2) is 43.3 Å². The third-order valence-corrected chi connectivity index (χ3v) is 2.46. The Morgan fingerprint density at radius 1 is 1.56 bits per heavy atom. The van der Waals surface area contributed by atoms with Crippen LogP contribution in [0.3, 0.4) is 0 Å². The van der Waals surface area contributed by atoms with E-state index in [2.05, 4.69) is 0 Å². The van der Waals surface area contributed by atoms with Crippen LogP contribution < -0.4 is 4.90 Å². The van der Waals surface area contributed by atoms with Gasteiger partial charge in [-0.15, -0.1) is 0 Å². The van der Waals surface area contributed by atoms with Gasteiger partial charge in [0.1, 0.15) is 0 Å². The number of nitrogens with zero attached hydrogens (tertiary/aromatic N) is 2. The second-order valence-corrected chi connectivity index (χ2v) is 3.68. The number of nitro benzene ring substituents is 1. The molecule has 1 N–H and O–H groups in total. The number of carboxylic acids is 1. The summed E-state index contributed by atoms with van der Waals surface area (Å²) in [7, 11) is 3.18. The quantitative estimate of drug-likeness (QED) is 0.608. The van der Waals surface area contributed by atoms with Gasteiger partial charge in [0.2, 0.25) is 0 Å². The van der Waals surface area contributed by atoms with Crippen molar-refractivity contribution in [3.05, 3.63) is 33.9 Å². The number of rotatable bonds is 6. The molecule has 0 heterocycles. The summed E-state index contributed by atoms with van der Waals surface area (Å²) in [6, 6.07) is 3.66. The van der Waals surface area contributed by atoms with Gasteiger partial charge in [-0.1, -0.05) is 0 Å². The summed E-state index contributed by atoms with van der Waals surface area (Å²) in [6.07, 6.45) is 0. The lowest BCUT2D eigenvalue weighted by Crippen LogP contribution is -2.24. The molecule has 0 aliphatic rings. The number of likely N-dealkylation sites (N-methyl/N-ethyl adjacent to an activating group) is 1. The van der Waals surface area contributed by atoms with Crippen LogP contribution in [0.2, 0.25) is 0 Å². The Balaban J connectivity index is 3.14. The number of nitro groups is 1. The number of benzene rings is 1. The van der Waals surface area contributed by atoms with Gasteiger partial charge in [-0.3, -0.25) is 10.1 Å². The lowest BCUT2D eigenvalue weighted by atomic mass is 10.1. The number of non-ortho nitro benzene ring substituents is 1. The number of hydrogen-bond donors (Lipinski definition) is 1. The average Bonchev–Trinajstić information content (AvgIpc) is 2.34. The van der Waals surface area contributed by atoms with E-state index >= 15 is 0 Å². The normalized spacial score (nSPS) is 10.1. The number of ether oxygens (including phenoxy) is 1. The molecule has 18 heavy (non-hydrogen) atoms. The zero-order valence-electron chi connectivity index (χ0n) is 10.1. The van der Waals surface area contributed by atoms with Crippen molar-refractivity contribution in [2.75, 3.05) is 32.2 Å². The molecule has 7 nitrogen and oxygen atoms in total. The van der Waals surface area contributed by atoms with E-state index in [0.717, 1.165) is 0 Å². The van der Waals surface area contributed by atoms with E-state index in [0.29, 0.717) is 18.8 Å². The molecule has 0 aliphatic carbocycles. The molecule has 0 aromatic heterocycles. The summed E-state index contributed by atoms with van der Waals surface area (Å²) in [5, 5.41) is 19.7. The topological polar surface area (TPSA) is 92.9 Å². The molecular formula is C11H14N2O5. The van der Waals surface area contributed by atoms with Crippen molar-refractivity contribution < 1.29 is 19.6 Å². The molecule has 0 bridgehead atoms. The average molecular weight is 254 g/mol. The smallest absolute Gasteiger partial charge is 0.337 e. The first kappa shape index (κ1) is 13.9. The number of carboxylic acid groups (broad SMARTS) is 1. The molecule has 0 saturated heterocycles. The van der Waals surface area contributed by atoms with Gasteiger partial charge in [0.15, 0.2) is 0 Å². The fraction of sp³-hybridized carbons (Fsp3) is 0.364. The molecule has 0 unspecified atom stereocenters. The number of methoxy groups -OCH3 is 1. The Hall–Kier alpha value is -2.15. The summed E-state index contributed by atoms with van der Waals surface area (Å²) < 4.78 is 4.89. The molecule has 0 spiro atoms. The van der Waals surface area contributed by atoms with E-state index in [1.54, 1.807) is 11.9 Å². The standard InChI is InChI=1S/C11H14N2O5/c1-12(5-6-18-2)10-7-8(13(16)17)3-4-9(10)11(14)15/h3-4,7H,5-6H2,1-2H3,(H,14,15). The van der Waals surface area contributed by atoms with Crippen LogP contribution in [0.15, 0.2) is 18.2 Å². The minimum absolute atomic E-state index is 0.0270. The van der Waals surface area contributed by atoms with Gasteiger partial charge in [0.05, 0.1) is 22.8 Å². The van der Waals surface area contributed by atoms with Crippen molar-refractivity contribution in [1.29, 1.82) is 0 Å². The van der Waals surface area contributed by atoms with Gasteiger partial charge in [-0.25, -0.2) is 4.79 Å². The summed E-state index contributed by atoms with van der Waals surface area (Å²) >= 11 is 0. The van der Waals surface area contributed by atoms with Crippen molar-refractivity contribution in [2.24, 2.45) is 0 Å². The van der Waals surface area contributed by atoms with Crippen molar-refractivity contribution in [1.82, 2.24) is 0 Å². The lowest BCUT2D eigenvalue weighted by molar-refractivity contribution is -0.384. The van der Waals surface area contributed by atoms with Crippen LogP contribution >= 0.6 is 0 Å². The summed E-state index contributed by atoms with van der Waals surface area (Å²) in [4.78, 5) is 22.8. The number of aromatic carboxylic acids is 1. The minimum atomic E-state index is -1.12. The largest absolute Gasteiger partial charge is 0.478 e. The Bertz CT molecular complexity index is 461. The lowest BCUT2D eigenvalue weighted by Gasteiger charge is -2.20. The first-order valence-electron chi connectivity index (χ1n) is 5.19. The predicted octanol–water partition coefficient (Wildman–Crippen LogP) is 1.38. The molecular weight excluding hydrogens is 240 g/mol. The Morgan fingerprint density at radius 3 is 2.72 bits per heavy atom. The molecule has 7 heteroatoms. The van der Waals surface area contributed by atoms with E-state index in [-0.39, 0.29) is 11.3 Å². The van der Waals surface area contributed by atoms with Gasteiger partial charge >= 0.3 is 5.97 Å². The van der Waals surface area contributed by atoms with E-state index in [1.165, 1.54) is 25.3 Å². The predicted molar refractivity (Wildman–Crippen MR) is 65.2 cm³/mol. The van der Waals surface area contributed by atoms with Crippen LogP contribution in [0.5, 0.6) is 0 Å². The summed E-state index contributed by atoms with van der Waals surface area (Å²) in [6.45, 7) is 0.843. The number of anilines is 1. The van der Waals surface area contributed by atoms with Crippen LogP contribution in [0, 0.1) is 10.1 Å². The van der Waals surface area contributed by atoms with Gasteiger partial charge in [0, 0.05) is 32.8 Å². The molecule has 1 rings (SSSR count). The van der Waals surface area contributed by atoms with Crippen LogP contribution in [0.4, 0.5) is 11.4 Å². The van der Waals surface area contributed by atoms with Crippen LogP contribution in [-0.2, 0) is 4.74 Å². The SMILES string of the molecule is COCCN(C)c1cc([N+](=O)[O-])ccc1C(=O)O. The molecule has 0 aliphatic heterocycles. The van der Waals surface area contributed by atoms with E-state index in [9.17, 15) is 14.9 Å². The highest BCUT2D eigenvalue weighted by Gasteiger charge is 2.17. The molecule has 1 aromatic rings. The first-order chi connectivity index (χ1) is 8.47. The fourth-order valence-electron chi connectivity index (χ4n) is 1.48. The van der Waals surface area contributed by atoms with Gasteiger partial charge in [0.25, 0.3) is 5.69 Å². The van der Waals surface area contributed by atoms with Crippen LogP contribution in [0.1, 0.15) is 10.4 Å². The summed E-state index contributed by atoms with van der Waals surface area (Å²) in [5.74, 6) is -1.12. The van der Waals surface area contributed by atoms with E-state index in [1.807, 2.05) is 0 Å². The van der Waals surface area contributed by atoms with Crippen molar-refractivity contribution in [3.8, 4) is 0 Å². The molecule has 0 radical (unpaired) electrons. The van der Waals surface area contributed by atoms with Crippen LogP contribution in [0.25, 0.3) is 0 Å². The highest BCUT2D eigenvalue weighted by atomic mass is 16.6. The third kappa shape index (κ3) is 3.17. The Labute approximate surface area is 104 Å². The zero-order chi connectivity index (χ0) is 13.7.